The van der Waals surface area contributed by atoms with Gasteiger partial charge in [-0.2, -0.15) is 13.2 Å². The minimum Gasteiger partial charge on any atom is -0.454 e. The van der Waals surface area contributed by atoms with Crippen LogP contribution >= 0.6 is 0 Å². The average Bonchev–Trinajstić information content (AvgIpc) is 2.79. The Labute approximate surface area is 176 Å². The normalized spacial score (nSPS) is 25.2. The van der Waals surface area contributed by atoms with Crippen molar-refractivity contribution in [3.8, 4) is 0 Å². The zero-order chi connectivity index (χ0) is 23.6. The van der Waals surface area contributed by atoms with Crippen LogP contribution in [0, 0.1) is 11.3 Å². The molecule has 2 atom stereocenters. The lowest BCUT2D eigenvalue weighted by Gasteiger charge is -2.43. The Balaban J connectivity index is 1.85. The number of alkyl halides is 3. The standard InChI is InChI=1S/C18H25F3N4O6/c1-10-4-16(2,3)8-17(5-10)13(28)25(15(30)24-17)6-12(27)31-7-11(26)23-14(29)22-9-18(19,20)21/h10H,4-9H2,1-3H3,(H,24,30)(H2,22,23,26,29). The Morgan fingerprint density at radius 2 is 1.87 bits per heavy atom. The predicted octanol–water partition coefficient (Wildman–Crippen LogP) is 1.05. The number of urea groups is 2. The molecule has 31 heavy (non-hydrogen) atoms. The van der Waals surface area contributed by atoms with Gasteiger partial charge in [0.2, 0.25) is 0 Å². The molecule has 2 rings (SSSR count). The van der Waals surface area contributed by atoms with Crippen molar-refractivity contribution in [2.24, 2.45) is 11.3 Å². The summed E-state index contributed by atoms with van der Waals surface area (Å²) in [6, 6.07) is -2.16. The van der Waals surface area contributed by atoms with Gasteiger partial charge in [0.1, 0.15) is 18.6 Å². The number of halogens is 3. The molecule has 1 spiro atoms. The number of amides is 6. The summed E-state index contributed by atoms with van der Waals surface area (Å²) in [4.78, 5) is 60.6. The van der Waals surface area contributed by atoms with Crippen LogP contribution in [0.4, 0.5) is 22.8 Å². The SMILES string of the molecule is CC1CC(C)(C)CC2(C1)NC(=O)N(CC(=O)OCC(=O)NC(=O)NCC(F)(F)F)C2=O. The number of carbonyl (C=O) groups excluding carboxylic acids is 5. The number of rotatable bonds is 5. The smallest absolute Gasteiger partial charge is 0.405 e. The molecule has 1 heterocycles. The molecule has 0 aromatic heterocycles. The molecule has 10 nitrogen and oxygen atoms in total. The number of esters is 1. The van der Waals surface area contributed by atoms with Gasteiger partial charge in [-0.05, 0) is 30.6 Å². The summed E-state index contributed by atoms with van der Waals surface area (Å²) in [7, 11) is 0. The second-order valence-corrected chi connectivity index (χ2v) is 8.76. The van der Waals surface area contributed by atoms with Crippen molar-refractivity contribution in [3.63, 3.8) is 0 Å². The van der Waals surface area contributed by atoms with E-state index in [1.807, 2.05) is 20.8 Å². The number of imide groups is 2. The number of nitrogens with one attached hydrogen (secondary N) is 3. The van der Waals surface area contributed by atoms with E-state index in [1.165, 1.54) is 5.32 Å². The third kappa shape index (κ3) is 6.56. The fourth-order valence-electron chi connectivity index (χ4n) is 4.36. The van der Waals surface area contributed by atoms with Gasteiger partial charge < -0.3 is 15.4 Å². The Kier molecular flexibility index (Phi) is 6.86. The van der Waals surface area contributed by atoms with Crippen molar-refractivity contribution in [1.29, 1.82) is 0 Å². The average molecular weight is 450 g/mol. The zero-order valence-corrected chi connectivity index (χ0v) is 17.4. The van der Waals surface area contributed by atoms with Crippen LogP contribution < -0.4 is 16.0 Å². The van der Waals surface area contributed by atoms with Gasteiger partial charge in [-0.25, -0.2) is 9.59 Å². The molecule has 6 amide bonds. The Hall–Kier alpha value is -2.86. The highest BCUT2D eigenvalue weighted by Crippen LogP contribution is 2.46. The van der Waals surface area contributed by atoms with Crippen LogP contribution in [0.1, 0.15) is 40.0 Å². The maximum atomic E-state index is 12.9. The summed E-state index contributed by atoms with van der Waals surface area (Å²) in [6.07, 6.45) is -2.93. The van der Waals surface area contributed by atoms with E-state index in [0.717, 1.165) is 6.42 Å². The Morgan fingerprint density at radius 1 is 1.23 bits per heavy atom. The third-order valence-electron chi connectivity index (χ3n) is 4.98. The minimum absolute atomic E-state index is 0.173. The van der Waals surface area contributed by atoms with Crippen LogP contribution in [0.3, 0.4) is 0 Å². The summed E-state index contributed by atoms with van der Waals surface area (Å²) in [5.74, 6) is -2.64. The van der Waals surface area contributed by atoms with Crippen molar-refractivity contribution in [3.05, 3.63) is 0 Å². The van der Waals surface area contributed by atoms with Gasteiger partial charge in [-0.3, -0.25) is 24.6 Å². The molecule has 0 bridgehead atoms. The molecule has 1 saturated heterocycles. The van der Waals surface area contributed by atoms with Crippen LogP contribution in [0.25, 0.3) is 0 Å². The van der Waals surface area contributed by atoms with Crippen molar-refractivity contribution in [1.82, 2.24) is 20.9 Å². The number of ether oxygens (including phenoxy) is 1. The van der Waals surface area contributed by atoms with Crippen LogP contribution in [0.5, 0.6) is 0 Å². The molecule has 174 valence electrons. The summed E-state index contributed by atoms with van der Waals surface area (Å²) < 4.78 is 40.6. The molecule has 2 unspecified atom stereocenters. The molecule has 3 N–H and O–H groups in total. The van der Waals surface area contributed by atoms with Crippen molar-refractivity contribution in [2.45, 2.75) is 51.7 Å². The fourth-order valence-corrected chi connectivity index (χ4v) is 4.36. The van der Waals surface area contributed by atoms with Gasteiger partial charge in [-0.1, -0.05) is 20.8 Å². The molecule has 1 aliphatic carbocycles. The van der Waals surface area contributed by atoms with E-state index in [9.17, 15) is 37.1 Å². The second-order valence-electron chi connectivity index (χ2n) is 8.76. The van der Waals surface area contributed by atoms with E-state index in [-0.39, 0.29) is 11.3 Å². The van der Waals surface area contributed by atoms with E-state index in [2.05, 4.69) is 10.1 Å². The number of carbonyl (C=O) groups is 5. The minimum atomic E-state index is -4.65. The second kappa shape index (κ2) is 8.71. The third-order valence-corrected chi connectivity index (χ3v) is 4.98. The first-order valence-electron chi connectivity index (χ1n) is 9.57. The van der Waals surface area contributed by atoms with Crippen molar-refractivity contribution >= 4 is 29.8 Å². The summed E-state index contributed by atoms with van der Waals surface area (Å²) in [5.41, 5.74) is -1.30. The van der Waals surface area contributed by atoms with E-state index >= 15 is 0 Å². The van der Waals surface area contributed by atoms with Crippen LogP contribution in [0.2, 0.25) is 0 Å². The van der Waals surface area contributed by atoms with Crippen LogP contribution in [0.15, 0.2) is 0 Å². The number of hydrogen-bond acceptors (Lipinski definition) is 6. The lowest BCUT2D eigenvalue weighted by molar-refractivity contribution is -0.151. The van der Waals surface area contributed by atoms with Gasteiger partial charge in [-0.15, -0.1) is 0 Å². The summed E-state index contributed by atoms with van der Waals surface area (Å²) >= 11 is 0. The molecule has 0 aromatic rings. The quantitative estimate of drug-likeness (QED) is 0.424. The molecule has 1 aliphatic heterocycles. The lowest BCUT2D eigenvalue weighted by atomic mass is 9.64. The van der Waals surface area contributed by atoms with E-state index < -0.39 is 61.3 Å². The predicted molar refractivity (Wildman–Crippen MR) is 98.3 cm³/mol. The summed E-state index contributed by atoms with van der Waals surface area (Å²) in [6.45, 7) is 2.60. The van der Waals surface area contributed by atoms with Gasteiger partial charge in [0.05, 0.1) is 0 Å². The number of nitrogens with zero attached hydrogens (tertiary/aromatic N) is 1. The molecule has 0 aromatic carbocycles. The van der Waals surface area contributed by atoms with Crippen molar-refractivity contribution in [2.75, 3.05) is 19.7 Å². The van der Waals surface area contributed by atoms with E-state index in [4.69, 9.17) is 0 Å². The first-order chi connectivity index (χ1) is 14.1. The topological polar surface area (TPSA) is 134 Å². The molecule has 13 heteroatoms. The molecular formula is C18H25F3N4O6. The van der Waals surface area contributed by atoms with Gasteiger partial charge in [0, 0.05) is 0 Å². The van der Waals surface area contributed by atoms with Crippen LogP contribution in [-0.2, 0) is 19.1 Å². The fraction of sp³-hybridized carbons (Fsp3) is 0.722. The first kappa shape index (κ1) is 24.4. The zero-order valence-electron chi connectivity index (χ0n) is 17.4. The maximum absolute atomic E-state index is 12.9. The van der Waals surface area contributed by atoms with Crippen LogP contribution in [-0.4, -0.2) is 66.2 Å². The van der Waals surface area contributed by atoms with Crippen molar-refractivity contribution < 1.29 is 41.9 Å². The van der Waals surface area contributed by atoms with Gasteiger partial charge in [0.15, 0.2) is 6.61 Å². The lowest BCUT2D eigenvalue weighted by Crippen LogP contribution is -2.54. The summed E-state index contributed by atoms with van der Waals surface area (Å²) in [5, 5.41) is 5.65. The first-order valence-corrected chi connectivity index (χ1v) is 9.57. The highest BCUT2D eigenvalue weighted by molar-refractivity contribution is 6.09. The van der Waals surface area contributed by atoms with Gasteiger partial charge >= 0.3 is 24.2 Å². The largest absolute Gasteiger partial charge is 0.454 e. The number of hydrogen-bond donors (Lipinski definition) is 3. The van der Waals surface area contributed by atoms with Gasteiger partial charge in [0.25, 0.3) is 11.8 Å². The Bertz CT molecular complexity index is 785. The maximum Gasteiger partial charge on any atom is 0.405 e. The highest BCUT2D eigenvalue weighted by Gasteiger charge is 2.56. The highest BCUT2D eigenvalue weighted by atomic mass is 19.4. The molecule has 0 radical (unpaired) electrons. The molecule has 1 saturated carbocycles. The Morgan fingerprint density at radius 3 is 2.45 bits per heavy atom. The molecule has 2 fully saturated rings. The monoisotopic (exact) mass is 450 g/mol. The molecular weight excluding hydrogens is 425 g/mol. The van der Waals surface area contributed by atoms with E-state index in [0.29, 0.717) is 17.7 Å². The van der Waals surface area contributed by atoms with E-state index in [1.54, 1.807) is 5.32 Å². The molecule has 2 aliphatic rings.